The van der Waals surface area contributed by atoms with E-state index in [1.807, 2.05) is 12.1 Å². The lowest BCUT2D eigenvalue weighted by atomic mass is 9.95. The van der Waals surface area contributed by atoms with Gasteiger partial charge in [0.15, 0.2) is 0 Å². The number of hydrogen-bond acceptors (Lipinski definition) is 4. The van der Waals surface area contributed by atoms with E-state index >= 15 is 0 Å². The van der Waals surface area contributed by atoms with Gasteiger partial charge in [0.2, 0.25) is 5.88 Å². The molecule has 3 rings (SSSR count). The second-order valence-electron chi connectivity index (χ2n) is 4.76. The fourth-order valence-corrected chi connectivity index (χ4v) is 2.42. The van der Waals surface area contributed by atoms with E-state index in [9.17, 15) is 0 Å². The molecular formula is C15H17N3O. The molecule has 0 bridgehead atoms. The molecule has 0 unspecified atom stereocenters. The highest BCUT2D eigenvalue weighted by molar-refractivity contribution is 5.38. The Morgan fingerprint density at radius 2 is 2.16 bits per heavy atom. The Labute approximate surface area is 112 Å². The van der Waals surface area contributed by atoms with Crippen molar-refractivity contribution in [3.8, 4) is 11.6 Å². The van der Waals surface area contributed by atoms with E-state index in [-0.39, 0.29) is 0 Å². The van der Waals surface area contributed by atoms with Gasteiger partial charge in [-0.15, -0.1) is 0 Å². The first-order valence-corrected chi connectivity index (χ1v) is 6.66. The summed E-state index contributed by atoms with van der Waals surface area (Å²) in [5.74, 6) is 1.32. The Balaban J connectivity index is 1.95. The predicted octanol–water partition coefficient (Wildman–Crippen LogP) is 2.61. The zero-order valence-electron chi connectivity index (χ0n) is 10.8. The minimum Gasteiger partial charge on any atom is -0.437 e. The van der Waals surface area contributed by atoms with Crippen LogP contribution in [0.5, 0.6) is 11.6 Å². The summed E-state index contributed by atoms with van der Waals surface area (Å²) in [5.41, 5.74) is 9.24. The topological polar surface area (TPSA) is 61.0 Å². The van der Waals surface area contributed by atoms with Gasteiger partial charge in [0, 0.05) is 24.0 Å². The van der Waals surface area contributed by atoms with Crippen molar-refractivity contribution in [2.45, 2.75) is 32.2 Å². The van der Waals surface area contributed by atoms with Gasteiger partial charge in [-0.3, -0.25) is 4.98 Å². The van der Waals surface area contributed by atoms with Crippen molar-refractivity contribution < 1.29 is 4.74 Å². The van der Waals surface area contributed by atoms with Crippen LogP contribution in [-0.4, -0.2) is 9.97 Å². The number of nitrogens with two attached hydrogens (primary N) is 1. The van der Waals surface area contributed by atoms with Crippen LogP contribution >= 0.6 is 0 Å². The molecule has 2 N–H and O–H groups in total. The van der Waals surface area contributed by atoms with Crippen LogP contribution in [0.4, 0.5) is 0 Å². The minimum absolute atomic E-state index is 0.440. The van der Waals surface area contributed by atoms with Crippen LogP contribution in [0.25, 0.3) is 0 Å². The Kier molecular flexibility index (Phi) is 3.42. The van der Waals surface area contributed by atoms with Crippen molar-refractivity contribution in [1.82, 2.24) is 9.97 Å². The summed E-state index contributed by atoms with van der Waals surface area (Å²) in [7, 11) is 0. The third-order valence-electron chi connectivity index (χ3n) is 3.41. The summed E-state index contributed by atoms with van der Waals surface area (Å²) in [6, 6.07) is 5.86. The molecule has 2 heterocycles. The number of ether oxygens (including phenoxy) is 1. The number of pyridine rings is 2. The number of rotatable bonds is 3. The van der Waals surface area contributed by atoms with Crippen molar-refractivity contribution in [2.24, 2.45) is 5.73 Å². The standard InChI is InChI=1S/C15H17N3O/c16-9-12-8-11-4-1-2-6-14(11)18-15(12)19-13-5-3-7-17-10-13/h3,5,7-8,10H,1-2,4,6,9,16H2. The molecule has 2 aromatic rings. The van der Waals surface area contributed by atoms with E-state index in [1.165, 1.54) is 18.4 Å². The maximum Gasteiger partial charge on any atom is 0.224 e. The lowest BCUT2D eigenvalue weighted by Gasteiger charge is -2.18. The summed E-state index contributed by atoms with van der Waals surface area (Å²) < 4.78 is 5.81. The Bertz CT molecular complexity index is 569. The highest BCUT2D eigenvalue weighted by atomic mass is 16.5. The fourth-order valence-electron chi connectivity index (χ4n) is 2.42. The van der Waals surface area contributed by atoms with Crippen LogP contribution in [0.15, 0.2) is 30.6 Å². The third-order valence-corrected chi connectivity index (χ3v) is 3.41. The second kappa shape index (κ2) is 5.36. The van der Waals surface area contributed by atoms with Gasteiger partial charge in [0.1, 0.15) is 5.75 Å². The maximum absolute atomic E-state index is 5.81. The summed E-state index contributed by atoms with van der Waals surface area (Å²) in [4.78, 5) is 8.69. The lowest BCUT2D eigenvalue weighted by molar-refractivity contribution is 0.449. The first-order valence-electron chi connectivity index (χ1n) is 6.66. The van der Waals surface area contributed by atoms with Gasteiger partial charge in [-0.25, -0.2) is 4.98 Å². The van der Waals surface area contributed by atoms with E-state index < -0.39 is 0 Å². The molecule has 0 saturated carbocycles. The molecule has 0 spiro atoms. The summed E-state index contributed by atoms with van der Waals surface area (Å²) in [6.07, 6.45) is 7.97. The first-order chi connectivity index (χ1) is 9.36. The SMILES string of the molecule is NCc1cc2c(nc1Oc1cccnc1)CCCC2. The van der Waals surface area contributed by atoms with Crippen LogP contribution in [0.1, 0.15) is 29.7 Å². The van der Waals surface area contributed by atoms with Gasteiger partial charge in [0.25, 0.3) is 0 Å². The Morgan fingerprint density at radius 1 is 1.26 bits per heavy atom. The molecule has 0 radical (unpaired) electrons. The van der Waals surface area contributed by atoms with Gasteiger partial charge in [-0.1, -0.05) is 0 Å². The van der Waals surface area contributed by atoms with Crippen LogP contribution in [0.3, 0.4) is 0 Å². The minimum atomic E-state index is 0.440. The molecule has 4 heteroatoms. The molecule has 0 atom stereocenters. The normalized spacial score (nSPS) is 13.9. The molecule has 1 aliphatic rings. The molecule has 0 aromatic carbocycles. The Hall–Kier alpha value is -1.94. The monoisotopic (exact) mass is 255 g/mol. The number of fused-ring (bicyclic) bond motifs is 1. The fraction of sp³-hybridized carbons (Fsp3) is 0.333. The molecular weight excluding hydrogens is 238 g/mol. The van der Waals surface area contributed by atoms with E-state index in [2.05, 4.69) is 16.0 Å². The van der Waals surface area contributed by atoms with Gasteiger partial charge in [-0.2, -0.15) is 0 Å². The van der Waals surface area contributed by atoms with E-state index in [0.29, 0.717) is 18.2 Å². The van der Waals surface area contributed by atoms with Gasteiger partial charge in [0.05, 0.1) is 6.20 Å². The highest BCUT2D eigenvalue weighted by Gasteiger charge is 2.15. The number of aromatic nitrogens is 2. The predicted molar refractivity (Wildman–Crippen MR) is 73.1 cm³/mol. The first kappa shape index (κ1) is 12.1. The average molecular weight is 255 g/mol. The van der Waals surface area contributed by atoms with Gasteiger partial charge < -0.3 is 10.5 Å². The summed E-state index contributed by atoms with van der Waals surface area (Å²) >= 11 is 0. The Morgan fingerprint density at radius 3 is 2.95 bits per heavy atom. The number of aryl methyl sites for hydroxylation is 2. The lowest BCUT2D eigenvalue weighted by Crippen LogP contribution is -2.10. The van der Waals surface area contributed by atoms with Crippen LogP contribution < -0.4 is 10.5 Å². The molecule has 4 nitrogen and oxygen atoms in total. The number of nitrogens with zero attached hydrogens (tertiary/aromatic N) is 2. The maximum atomic E-state index is 5.81. The van der Waals surface area contributed by atoms with Gasteiger partial charge >= 0.3 is 0 Å². The smallest absolute Gasteiger partial charge is 0.224 e. The quantitative estimate of drug-likeness (QED) is 0.915. The second-order valence-corrected chi connectivity index (χ2v) is 4.76. The third kappa shape index (κ3) is 2.58. The summed E-state index contributed by atoms with van der Waals surface area (Å²) in [5, 5.41) is 0. The molecule has 98 valence electrons. The van der Waals surface area contributed by atoms with Crippen molar-refractivity contribution in [2.75, 3.05) is 0 Å². The molecule has 0 fully saturated rings. The zero-order valence-corrected chi connectivity index (χ0v) is 10.8. The molecule has 0 saturated heterocycles. The van der Waals surface area contributed by atoms with Crippen molar-refractivity contribution >= 4 is 0 Å². The van der Waals surface area contributed by atoms with Gasteiger partial charge in [-0.05, 0) is 49.4 Å². The highest BCUT2D eigenvalue weighted by Crippen LogP contribution is 2.28. The van der Waals surface area contributed by atoms with Crippen LogP contribution in [0.2, 0.25) is 0 Å². The molecule has 1 aliphatic carbocycles. The average Bonchev–Trinajstić information content (AvgIpc) is 2.47. The molecule has 0 amide bonds. The molecule has 0 aliphatic heterocycles. The number of hydrogen-bond donors (Lipinski definition) is 1. The van der Waals surface area contributed by atoms with Crippen molar-refractivity contribution in [3.63, 3.8) is 0 Å². The van der Waals surface area contributed by atoms with E-state index in [4.69, 9.17) is 10.5 Å². The molecule has 2 aromatic heterocycles. The largest absolute Gasteiger partial charge is 0.437 e. The summed E-state index contributed by atoms with van der Waals surface area (Å²) in [6.45, 7) is 0.440. The molecule has 19 heavy (non-hydrogen) atoms. The van der Waals surface area contributed by atoms with Crippen LogP contribution in [-0.2, 0) is 19.4 Å². The van der Waals surface area contributed by atoms with E-state index in [1.54, 1.807) is 12.4 Å². The zero-order chi connectivity index (χ0) is 13.1. The van der Waals surface area contributed by atoms with Crippen molar-refractivity contribution in [3.05, 3.63) is 47.4 Å². The van der Waals surface area contributed by atoms with Crippen LogP contribution in [0, 0.1) is 0 Å². The van der Waals surface area contributed by atoms with Crippen molar-refractivity contribution in [1.29, 1.82) is 0 Å². The van der Waals surface area contributed by atoms with E-state index in [0.717, 1.165) is 24.1 Å².